The van der Waals surface area contributed by atoms with Crippen molar-refractivity contribution in [3.05, 3.63) is 58.3 Å². The summed E-state index contributed by atoms with van der Waals surface area (Å²) in [6, 6.07) is 11.8. The van der Waals surface area contributed by atoms with Gasteiger partial charge in [-0.25, -0.2) is 14.1 Å². The Labute approximate surface area is 156 Å². The molecule has 1 amide bonds. The Morgan fingerprint density at radius 2 is 1.88 bits per heavy atom. The molecule has 2 heterocycles. The van der Waals surface area contributed by atoms with Crippen LogP contribution in [0.4, 0.5) is 0 Å². The monoisotopic (exact) mass is 372 g/mol. The van der Waals surface area contributed by atoms with Crippen LogP contribution in [0.5, 0.6) is 0 Å². The van der Waals surface area contributed by atoms with Gasteiger partial charge < -0.3 is 5.11 Å². The molecule has 1 aliphatic heterocycles. The Morgan fingerprint density at radius 3 is 2.46 bits per heavy atom. The van der Waals surface area contributed by atoms with Gasteiger partial charge in [0.25, 0.3) is 5.78 Å². The van der Waals surface area contributed by atoms with Crippen molar-refractivity contribution < 1.29 is 24.0 Å². The van der Waals surface area contributed by atoms with E-state index in [9.17, 15) is 19.5 Å². The first-order valence-corrected chi connectivity index (χ1v) is 9.66. The van der Waals surface area contributed by atoms with Crippen molar-refractivity contribution in [2.45, 2.75) is 31.7 Å². The summed E-state index contributed by atoms with van der Waals surface area (Å²) in [5.74, 6) is -2.47. The van der Waals surface area contributed by atoms with Crippen LogP contribution in [0.25, 0.3) is 0 Å². The largest absolute Gasteiger partial charge is 0.477 e. The summed E-state index contributed by atoms with van der Waals surface area (Å²) in [7, 11) is 0. The van der Waals surface area contributed by atoms with Crippen molar-refractivity contribution in [3.63, 3.8) is 0 Å². The smallest absolute Gasteiger partial charge is 0.388 e. The molecule has 2 unspecified atom stereocenters. The third kappa shape index (κ3) is 3.10. The summed E-state index contributed by atoms with van der Waals surface area (Å²) < 4.78 is -0.290. The van der Waals surface area contributed by atoms with Gasteiger partial charge in [-0.3, -0.25) is 4.79 Å². The number of nitrogens with zero attached hydrogens (tertiary/aromatic N) is 1. The Kier molecular flexibility index (Phi) is 5.34. The average molecular weight is 372 g/mol. The van der Waals surface area contributed by atoms with Gasteiger partial charge in [0.15, 0.2) is 0 Å². The van der Waals surface area contributed by atoms with E-state index in [1.165, 1.54) is 11.3 Å². The van der Waals surface area contributed by atoms with Crippen LogP contribution >= 0.6 is 11.3 Å². The SMILES string of the molecule is CCC[N+]1(C(=O)C(=O)c2cccs2)CCC(c2ccccc2)[C@H]1C(=O)O. The molecule has 3 atom stereocenters. The molecule has 1 fully saturated rings. The quantitative estimate of drug-likeness (QED) is 0.480. The fourth-order valence-corrected chi connectivity index (χ4v) is 4.79. The summed E-state index contributed by atoms with van der Waals surface area (Å²) >= 11 is 1.21. The molecular weight excluding hydrogens is 350 g/mol. The number of rotatable bonds is 6. The summed E-state index contributed by atoms with van der Waals surface area (Å²) in [5.41, 5.74) is 0.910. The number of amides is 1. The predicted octanol–water partition coefficient (Wildman–Crippen LogP) is 3.32. The Balaban J connectivity index is 2.03. The van der Waals surface area contributed by atoms with Crippen LogP contribution < -0.4 is 0 Å². The van der Waals surface area contributed by atoms with Crippen molar-refractivity contribution >= 4 is 29.0 Å². The minimum Gasteiger partial charge on any atom is -0.477 e. The molecular formula is C20H22NO4S+. The van der Waals surface area contributed by atoms with Gasteiger partial charge in [-0.1, -0.05) is 43.3 Å². The minimum atomic E-state index is -1.02. The number of thiophene rings is 1. The van der Waals surface area contributed by atoms with E-state index in [4.69, 9.17) is 0 Å². The van der Waals surface area contributed by atoms with E-state index in [0.717, 1.165) is 5.56 Å². The zero-order valence-corrected chi connectivity index (χ0v) is 15.4. The molecule has 1 saturated heterocycles. The molecule has 6 heteroatoms. The molecule has 136 valence electrons. The first kappa shape index (κ1) is 18.5. The van der Waals surface area contributed by atoms with Gasteiger partial charge in [-0.2, -0.15) is 0 Å². The number of hydrogen-bond donors (Lipinski definition) is 1. The lowest BCUT2D eigenvalue weighted by Gasteiger charge is -2.35. The van der Waals surface area contributed by atoms with Crippen LogP contribution in [0, 0.1) is 0 Å². The zero-order valence-electron chi connectivity index (χ0n) is 14.6. The van der Waals surface area contributed by atoms with E-state index in [2.05, 4.69) is 0 Å². The third-order valence-electron chi connectivity index (χ3n) is 5.20. The minimum absolute atomic E-state index is 0.277. The molecule has 1 N–H and O–H groups in total. The molecule has 1 aromatic carbocycles. The van der Waals surface area contributed by atoms with Crippen molar-refractivity contribution in [2.75, 3.05) is 13.1 Å². The molecule has 0 radical (unpaired) electrons. The van der Waals surface area contributed by atoms with Gasteiger partial charge in [0, 0.05) is 6.42 Å². The fourth-order valence-electron chi connectivity index (χ4n) is 4.14. The summed E-state index contributed by atoms with van der Waals surface area (Å²) in [5, 5.41) is 11.7. The van der Waals surface area contributed by atoms with E-state index < -0.39 is 23.7 Å². The number of carbonyl (C=O) groups excluding carboxylic acids is 2. The second kappa shape index (κ2) is 7.51. The highest BCUT2D eigenvalue weighted by molar-refractivity contribution is 7.12. The first-order valence-electron chi connectivity index (χ1n) is 8.78. The lowest BCUT2D eigenvalue weighted by Crippen LogP contribution is -2.62. The highest BCUT2D eigenvalue weighted by Crippen LogP contribution is 2.40. The Bertz CT molecular complexity index is 802. The Morgan fingerprint density at radius 1 is 1.15 bits per heavy atom. The van der Waals surface area contributed by atoms with Gasteiger partial charge >= 0.3 is 11.9 Å². The molecule has 0 aliphatic carbocycles. The first-order chi connectivity index (χ1) is 12.5. The van der Waals surface area contributed by atoms with E-state index in [1.54, 1.807) is 17.5 Å². The lowest BCUT2D eigenvalue weighted by molar-refractivity contribution is -0.855. The van der Waals surface area contributed by atoms with Crippen molar-refractivity contribution in [1.82, 2.24) is 0 Å². The molecule has 2 aromatic rings. The maximum Gasteiger partial charge on any atom is 0.388 e. The number of aliphatic carboxylic acids is 1. The van der Waals surface area contributed by atoms with Gasteiger partial charge in [-0.15, -0.1) is 11.3 Å². The van der Waals surface area contributed by atoms with Crippen LogP contribution in [0.1, 0.15) is 40.9 Å². The number of hydrogen-bond acceptors (Lipinski definition) is 4. The average Bonchev–Trinajstić information content (AvgIpc) is 3.30. The van der Waals surface area contributed by atoms with Gasteiger partial charge in [0.1, 0.15) is 0 Å². The van der Waals surface area contributed by atoms with Crippen LogP contribution in [0.3, 0.4) is 0 Å². The molecule has 5 nitrogen and oxygen atoms in total. The van der Waals surface area contributed by atoms with E-state index in [0.29, 0.717) is 30.8 Å². The van der Waals surface area contributed by atoms with Crippen molar-refractivity contribution in [2.24, 2.45) is 0 Å². The maximum absolute atomic E-state index is 13.2. The standard InChI is InChI=1S/C20H21NO4S/c1-2-11-21(19(23)18(22)16-9-6-13-26-16)12-10-15(17(21)20(24)25)14-7-4-3-5-8-14/h3-9,13,15,17H,2,10-12H2,1H3/p+1/t15?,17-,21?/m0/s1. The molecule has 1 aromatic heterocycles. The zero-order chi connectivity index (χ0) is 18.7. The van der Waals surface area contributed by atoms with Crippen LogP contribution in [0.2, 0.25) is 0 Å². The molecule has 0 bridgehead atoms. The maximum atomic E-state index is 13.2. The number of carboxylic acids is 1. The predicted molar refractivity (Wildman–Crippen MR) is 99.2 cm³/mol. The highest BCUT2D eigenvalue weighted by Gasteiger charge is 2.58. The summed E-state index contributed by atoms with van der Waals surface area (Å²) in [6.07, 6.45) is 1.21. The Hall–Kier alpha value is -2.31. The van der Waals surface area contributed by atoms with E-state index in [1.807, 2.05) is 37.3 Å². The van der Waals surface area contributed by atoms with Gasteiger partial charge in [0.05, 0.1) is 23.9 Å². The van der Waals surface area contributed by atoms with Gasteiger partial charge in [-0.05, 0) is 23.4 Å². The molecule has 0 saturated carbocycles. The van der Waals surface area contributed by atoms with Crippen LogP contribution in [-0.2, 0) is 9.59 Å². The molecule has 0 spiro atoms. The summed E-state index contributed by atoms with van der Waals surface area (Å²) in [4.78, 5) is 38.5. The highest BCUT2D eigenvalue weighted by atomic mass is 32.1. The summed E-state index contributed by atoms with van der Waals surface area (Å²) in [6.45, 7) is 2.65. The van der Waals surface area contributed by atoms with E-state index >= 15 is 0 Å². The topological polar surface area (TPSA) is 71.4 Å². The third-order valence-corrected chi connectivity index (χ3v) is 6.07. The van der Waals surface area contributed by atoms with Crippen LogP contribution in [-0.4, -0.2) is 46.4 Å². The number of Topliss-reactive ketones (excluding diaryl/α,β-unsaturated/α-hetero) is 1. The van der Waals surface area contributed by atoms with Gasteiger partial charge in [0.2, 0.25) is 6.04 Å². The molecule has 26 heavy (non-hydrogen) atoms. The number of benzene rings is 1. The number of ketones is 1. The second-order valence-corrected chi connectivity index (χ2v) is 7.63. The van der Waals surface area contributed by atoms with E-state index in [-0.39, 0.29) is 10.4 Å². The van der Waals surface area contributed by atoms with Crippen LogP contribution in [0.15, 0.2) is 47.8 Å². The van der Waals surface area contributed by atoms with Crippen molar-refractivity contribution in [1.29, 1.82) is 0 Å². The van der Waals surface area contributed by atoms with Crippen molar-refractivity contribution in [3.8, 4) is 0 Å². The normalized spacial score (nSPS) is 25.1. The number of likely N-dealkylation sites (tertiary alicyclic amines) is 1. The number of carbonyl (C=O) groups is 3. The molecule has 1 aliphatic rings. The lowest BCUT2D eigenvalue weighted by atomic mass is 9.91. The second-order valence-electron chi connectivity index (χ2n) is 6.68. The number of carboxylic acid groups (broad SMARTS) is 1. The molecule has 3 rings (SSSR count). The number of quaternary nitrogens is 1. The fraction of sp³-hybridized carbons (Fsp3) is 0.350.